The van der Waals surface area contributed by atoms with Crippen LogP contribution in [0.5, 0.6) is 5.75 Å². The van der Waals surface area contributed by atoms with Gasteiger partial charge in [-0.2, -0.15) is 13.2 Å². The van der Waals surface area contributed by atoms with Crippen LogP contribution < -0.4 is 10.1 Å². The van der Waals surface area contributed by atoms with Crippen molar-refractivity contribution in [2.75, 3.05) is 18.4 Å². The Bertz CT molecular complexity index is 1360. The van der Waals surface area contributed by atoms with Crippen LogP contribution >= 0.6 is 11.3 Å². The van der Waals surface area contributed by atoms with E-state index in [1.807, 2.05) is 6.07 Å². The molecule has 2 aromatic carbocycles. The topological polar surface area (TPSA) is 54.5 Å². The quantitative estimate of drug-likeness (QED) is 0.235. The fourth-order valence-electron chi connectivity index (χ4n) is 4.16. The summed E-state index contributed by atoms with van der Waals surface area (Å²) in [6.07, 6.45) is -0.866. The Balaban J connectivity index is 1.38. The number of ether oxygens (including phenoxy) is 1. The van der Waals surface area contributed by atoms with Crippen molar-refractivity contribution in [1.29, 1.82) is 0 Å². The third-order valence-electron chi connectivity index (χ3n) is 5.78. The van der Waals surface area contributed by atoms with Gasteiger partial charge in [0, 0.05) is 29.4 Å². The van der Waals surface area contributed by atoms with E-state index in [4.69, 9.17) is 0 Å². The number of hydrogen-bond acceptors (Lipinski definition) is 6. The first-order valence-electron chi connectivity index (χ1n) is 11.2. The molecule has 4 aromatic rings. The van der Waals surface area contributed by atoms with Crippen LogP contribution in [0.15, 0.2) is 66.9 Å². The fourth-order valence-corrected chi connectivity index (χ4v) is 5.24. The van der Waals surface area contributed by atoms with Crippen LogP contribution in [0.3, 0.4) is 0 Å². The van der Waals surface area contributed by atoms with Gasteiger partial charge in [-0.1, -0.05) is 24.3 Å². The van der Waals surface area contributed by atoms with Gasteiger partial charge >= 0.3 is 12.1 Å². The second kappa shape index (κ2) is 9.67. The highest BCUT2D eigenvalue weighted by Crippen LogP contribution is 2.38. The number of benzene rings is 2. The number of hydrogen-bond donors (Lipinski definition) is 1. The summed E-state index contributed by atoms with van der Waals surface area (Å²) >= 11 is 1.59. The van der Waals surface area contributed by atoms with Gasteiger partial charge in [-0.05, 0) is 67.4 Å². The van der Waals surface area contributed by atoms with Gasteiger partial charge in [0.25, 0.3) is 0 Å². The molecule has 0 bridgehead atoms. The Labute approximate surface area is 204 Å². The Hall–Kier alpha value is -3.43. The van der Waals surface area contributed by atoms with Gasteiger partial charge in [0.15, 0.2) is 0 Å². The lowest BCUT2D eigenvalue weighted by atomic mass is 10.1. The lowest BCUT2D eigenvalue weighted by Gasteiger charge is -2.14. The Kier molecular flexibility index (Phi) is 6.44. The number of carbonyl (C=O) groups is 1. The van der Waals surface area contributed by atoms with Crippen LogP contribution in [0.2, 0.25) is 0 Å². The highest BCUT2D eigenvalue weighted by Gasteiger charge is 2.41. The van der Waals surface area contributed by atoms with Crippen molar-refractivity contribution in [3.63, 3.8) is 0 Å². The summed E-state index contributed by atoms with van der Waals surface area (Å²) in [5.41, 5.74) is 4.47. The molecule has 0 radical (unpaired) electrons. The third-order valence-corrected chi connectivity index (χ3v) is 6.99. The molecule has 1 N–H and O–H groups in total. The number of rotatable bonds is 6. The zero-order chi connectivity index (χ0) is 24.4. The predicted molar refractivity (Wildman–Crippen MR) is 131 cm³/mol. The van der Waals surface area contributed by atoms with Crippen molar-refractivity contribution in [2.24, 2.45) is 0 Å². The molecule has 180 valence electrons. The number of halogens is 3. The number of alkyl halides is 3. The van der Waals surface area contributed by atoms with Crippen LogP contribution in [0, 0.1) is 0 Å². The van der Waals surface area contributed by atoms with Crippen molar-refractivity contribution in [3.05, 3.63) is 72.4 Å². The maximum absolute atomic E-state index is 12.5. The standard InChI is InChI=1S/C26H22F3N3O2S/c27-26(28,29)25(33)34-20-8-4-7-19(14-20)31-21-9-10-30-22-15-23(35-24(21)22)18-6-3-5-17(13-18)16-32-11-1-2-12-32/h3-10,13-15H,1-2,11-12,16H2,(H,30,31). The number of esters is 1. The number of nitrogens with zero attached hydrogens (tertiary/aromatic N) is 2. The zero-order valence-corrected chi connectivity index (χ0v) is 19.5. The predicted octanol–water partition coefficient (Wildman–Crippen LogP) is 6.77. The molecule has 1 fully saturated rings. The Morgan fingerprint density at radius 1 is 1.06 bits per heavy atom. The molecule has 1 aliphatic rings. The molecule has 5 nitrogen and oxygen atoms in total. The molecule has 9 heteroatoms. The molecular formula is C26H22F3N3O2S. The van der Waals surface area contributed by atoms with Gasteiger partial charge in [0.2, 0.25) is 0 Å². The molecule has 3 heterocycles. The second-order valence-corrected chi connectivity index (χ2v) is 9.46. The van der Waals surface area contributed by atoms with Crippen molar-refractivity contribution in [1.82, 2.24) is 9.88 Å². The minimum atomic E-state index is -5.06. The van der Waals surface area contributed by atoms with Gasteiger partial charge < -0.3 is 10.1 Å². The minimum Gasteiger partial charge on any atom is -0.420 e. The summed E-state index contributed by atoms with van der Waals surface area (Å²) in [7, 11) is 0. The van der Waals surface area contributed by atoms with Gasteiger partial charge in [-0.3, -0.25) is 9.88 Å². The molecule has 1 aliphatic heterocycles. The van der Waals surface area contributed by atoms with E-state index in [0.29, 0.717) is 5.69 Å². The third kappa shape index (κ3) is 5.47. The first-order valence-corrected chi connectivity index (χ1v) is 12.0. The molecule has 2 aromatic heterocycles. The number of nitrogens with one attached hydrogen (secondary N) is 1. The summed E-state index contributed by atoms with van der Waals surface area (Å²) < 4.78 is 43.0. The lowest BCUT2D eigenvalue weighted by molar-refractivity contribution is -0.189. The van der Waals surface area contributed by atoms with Crippen LogP contribution in [-0.2, 0) is 11.3 Å². The molecule has 0 spiro atoms. The molecule has 0 atom stereocenters. The van der Waals surface area contributed by atoms with Gasteiger partial charge in [-0.15, -0.1) is 11.3 Å². The number of carbonyl (C=O) groups excluding carboxylic acids is 1. The average molecular weight is 498 g/mol. The van der Waals surface area contributed by atoms with E-state index in [1.54, 1.807) is 29.7 Å². The highest BCUT2D eigenvalue weighted by atomic mass is 32.1. The van der Waals surface area contributed by atoms with E-state index in [1.165, 1.54) is 36.6 Å². The van der Waals surface area contributed by atoms with E-state index in [-0.39, 0.29) is 5.75 Å². The highest BCUT2D eigenvalue weighted by molar-refractivity contribution is 7.22. The van der Waals surface area contributed by atoms with Gasteiger partial charge in [-0.25, -0.2) is 4.79 Å². The van der Waals surface area contributed by atoms with Crippen LogP contribution in [-0.4, -0.2) is 35.1 Å². The second-order valence-electron chi connectivity index (χ2n) is 8.41. The molecule has 35 heavy (non-hydrogen) atoms. The molecule has 0 aliphatic carbocycles. The first kappa shape index (κ1) is 23.3. The molecule has 0 amide bonds. The van der Waals surface area contributed by atoms with Crippen LogP contribution in [0.1, 0.15) is 18.4 Å². The maximum Gasteiger partial charge on any atom is 0.491 e. The monoisotopic (exact) mass is 497 g/mol. The first-order chi connectivity index (χ1) is 16.8. The average Bonchev–Trinajstić information content (AvgIpc) is 3.49. The number of pyridine rings is 1. The molecule has 1 saturated heterocycles. The number of likely N-dealkylation sites (tertiary alicyclic amines) is 1. The summed E-state index contributed by atoms with van der Waals surface area (Å²) in [6, 6.07) is 18.2. The summed E-state index contributed by atoms with van der Waals surface area (Å²) in [5.74, 6) is -2.44. The van der Waals surface area contributed by atoms with Crippen LogP contribution in [0.4, 0.5) is 24.5 Å². The number of fused-ring (bicyclic) bond motifs is 1. The molecular weight excluding hydrogens is 475 g/mol. The van der Waals surface area contributed by atoms with Gasteiger partial charge in [0.1, 0.15) is 5.75 Å². The SMILES string of the molecule is O=C(Oc1cccc(Nc2ccnc3cc(-c4cccc(CN5CCCC5)c4)sc23)c1)C(F)(F)F. The fraction of sp³-hybridized carbons (Fsp3) is 0.231. The van der Waals surface area contributed by atoms with E-state index in [0.717, 1.165) is 46.0 Å². The van der Waals surface area contributed by atoms with Crippen molar-refractivity contribution in [3.8, 4) is 16.2 Å². The number of aromatic nitrogens is 1. The Morgan fingerprint density at radius 2 is 1.86 bits per heavy atom. The summed E-state index contributed by atoms with van der Waals surface area (Å²) in [5, 5.41) is 3.21. The normalized spacial score (nSPS) is 14.4. The van der Waals surface area contributed by atoms with E-state index in [9.17, 15) is 18.0 Å². The molecule has 0 saturated carbocycles. The van der Waals surface area contributed by atoms with Crippen molar-refractivity contribution >= 4 is 38.9 Å². The van der Waals surface area contributed by atoms with Crippen LogP contribution in [0.25, 0.3) is 20.7 Å². The maximum atomic E-state index is 12.5. The van der Waals surface area contributed by atoms with Gasteiger partial charge in [0.05, 0.1) is 15.9 Å². The van der Waals surface area contributed by atoms with Crippen molar-refractivity contribution < 1.29 is 22.7 Å². The Morgan fingerprint density at radius 3 is 2.66 bits per heavy atom. The van der Waals surface area contributed by atoms with E-state index in [2.05, 4.69) is 44.2 Å². The van der Waals surface area contributed by atoms with E-state index < -0.39 is 12.1 Å². The lowest BCUT2D eigenvalue weighted by Crippen LogP contribution is -2.27. The number of anilines is 2. The summed E-state index contributed by atoms with van der Waals surface area (Å²) in [6.45, 7) is 3.23. The zero-order valence-electron chi connectivity index (χ0n) is 18.6. The minimum absolute atomic E-state index is 0.190. The molecule has 0 unspecified atom stereocenters. The summed E-state index contributed by atoms with van der Waals surface area (Å²) in [4.78, 5) is 19.2. The smallest absolute Gasteiger partial charge is 0.420 e. The number of thiophene rings is 1. The van der Waals surface area contributed by atoms with E-state index >= 15 is 0 Å². The molecule has 5 rings (SSSR count). The largest absolute Gasteiger partial charge is 0.491 e. The van der Waals surface area contributed by atoms with Crippen molar-refractivity contribution in [2.45, 2.75) is 25.6 Å².